The highest BCUT2D eigenvalue weighted by molar-refractivity contribution is 7.91. The van der Waals surface area contributed by atoms with Gasteiger partial charge in [0.1, 0.15) is 4.21 Å². The lowest BCUT2D eigenvalue weighted by atomic mass is 10.3. The van der Waals surface area contributed by atoms with Crippen molar-refractivity contribution in [3.63, 3.8) is 0 Å². The van der Waals surface area contributed by atoms with E-state index in [4.69, 9.17) is 5.73 Å². The molecular formula is C9H16N2O2S2. The van der Waals surface area contributed by atoms with E-state index in [0.717, 1.165) is 10.4 Å². The Kier molecular flexibility index (Phi) is 3.88. The van der Waals surface area contributed by atoms with Crippen LogP contribution in [0.1, 0.15) is 24.3 Å². The van der Waals surface area contributed by atoms with E-state index in [0.29, 0.717) is 10.8 Å². The van der Waals surface area contributed by atoms with Crippen molar-refractivity contribution in [3.8, 4) is 0 Å². The molecule has 86 valence electrons. The van der Waals surface area contributed by atoms with Crippen LogP contribution in [0, 0.1) is 6.92 Å². The molecule has 1 aromatic heterocycles. The second-order valence-corrected chi connectivity index (χ2v) is 6.73. The average molecular weight is 248 g/mol. The predicted octanol–water partition coefficient (Wildman–Crippen LogP) is 1.20. The van der Waals surface area contributed by atoms with Gasteiger partial charge in [0.05, 0.1) is 0 Å². The first-order valence-corrected chi connectivity index (χ1v) is 6.98. The summed E-state index contributed by atoms with van der Waals surface area (Å²) in [5.74, 6) is 0. The fourth-order valence-corrected chi connectivity index (χ4v) is 3.93. The average Bonchev–Trinajstić information content (AvgIpc) is 2.45. The molecule has 0 aliphatic heterocycles. The van der Waals surface area contributed by atoms with Crippen molar-refractivity contribution < 1.29 is 8.42 Å². The fourth-order valence-electron chi connectivity index (χ4n) is 1.19. The minimum atomic E-state index is -3.36. The zero-order chi connectivity index (χ0) is 11.6. The number of hydrogen-bond acceptors (Lipinski definition) is 4. The second kappa shape index (κ2) is 4.61. The molecule has 0 atom stereocenters. The van der Waals surface area contributed by atoms with Gasteiger partial charge in [-0.15, -0.1) is 11.3 Å². The smallest absolute Gasteiger partial charge is 0.250 e. The van der Waals surface area contributed by atoms with Gasteiger partial charge in [-0.2, -0.15) is 0 Å². The van der Waals surface area contributed by atoms with Crippen LogP contribution < -0.4 is 10.5 Å². The van der Waals surface area contributed by atoms with Gasteiger partial charge in [-0.3, -0.25) is 0 Å². The van der Waals surface area contributed by atoms with E-state index in [-0.39, 0.29) is 6.04 Å². The molecular weight excluding hydrogens is 232 g/mol. The highest BCUT2D eigenvalue weighted by atomic mass is 32.2. The lowest BCUT2D eigenvalue weighted by molar-refractivity contribution is 0.572. The number of hydrogen-bond donors (Lipinski definition) is 2. The lowest BCUT2D eigenvalue weighted by Gasteiger charge is -2.06. The third-order valence-corrected chi connectivity index (χ3v) is 5.23. The molecule has 15 heavy (non-hydrogen) atoms. The Labute approximate surface area is 94.5 Å². The minimum Gasteiger partial charge on any atom is -0.326 e. The van der Waals surface area contributed by atoms with Gasteiger partial charge in [-0.05, 0) is 32.4 Å². The number of aryl methyl sites for hydroxylation is 1. The highest BCUT2D eigenvalue weighted by Gasteiger charge is 2.19. The summed E-state index contributed by atoms with van der Waals surface area (Å²) in [5, 5.41) is 0. The van der Waals surface area contributed by atoms with E-state index < -0.39 is 10.0 Å². The fraction of sp³-hybridized carbons (Fsp3) is 0.556. The molecule has 0 aliphatic rings. The monoisotopic (exact) mass is 248 g/mol. The molecule has 0 aromatic carbocycles. The van der Waals surface area contributed by atoms with Crippen molar-refractivity contribution in [2.75, 3.05) is 0 Å². The first kappa shape index (κ1) is 12.6. The normalized spacial score (nSPS) is 12.3. The maximum atomic E-state index is 11.8. The molecule has 0 bridgehead atoms. The topological polar surface area (TPSA) is 72.2 Å². The molecule has 0 fully saturated rings. The third-order valence-electron chi connectivity index (χ3n) is 1.84. The van der Waals surface area contributed by atoms with Crippen molar-refractivity contribution >= 4 is 21.4 Å². The first-order chi connectivity index (χ1) is 6.86. The van der Waals surface area contributed by atoms with Crippen molar-refractivity contribution in [1.82, 2.24) is 4.72 Å². The highest BCUT2D eigenvalue weighted by Crippen LogP contribution is 2.25. The van der Waals surface area contributed by atoms with Gasteiger partial charge >= 0.3 is 0 Å². The van der Waals surface area contributed by atoms with Crippen LogP contribution in [-0.4, -0.2) is 14.5 Å². The van der Waals surface area contributed by atoms with E-state index in [1.807, 2.05) is 6.92 Å². The molecule has 4 nitrogen and oxygen atoms in total. The van der Waals surface area contributed by atoms with Crippen LogP contribution in [0.5, 0.6) is 0 Å². The molecule has 0 saturated carbocycles. The SMILES string of the molecule is Cc1cc(S(=O)(=O)NC(C)C)sc1CN. The summed E-state index contributed by atoms with van der Waals surface area (Å²) < 4.78 is 26.4. The molecule has 3 N–H and O–H groups in total. The summed E-state index contributed by atoms with van der Waals surface area (Å²) in [6.07, 6.45) is 0. The van der Waals surface area contributed by atoms with E-state index in [1.54, 1.807) is 19.9 Å². The van der Waals surface area contributed by atoms with Gasteiger partial charge in [0.15, 0.2) is 0 Å². The van der Waals surface area contributed by atoms with Crippen LogP contribution in [-0.2, 0) is 16.6 Å². The summed E-state index contributed by atoms with van der Waals surface area (Å²) in [7, 11) is -3.36. The van der Waals surface area contributed by atoms with Crippen molar-refractivity contribution in [3.05, 3.63) is 16.5 Å². The summed E-state index contributed by atoms with van der Waals surface area (Å²) >= 11 is 1.23. The zero-order valence-corrected chi connectivity index (χ0v) is 10.7. The predicted molar refractivity (Wildman–Crippen MR) is 62.4 cm³/mol. The molecule has 6 heteroatoms. The zero-order valence-electron chi connectivity index (χ0n) is 9.07. The number of nitrogens with two attached hydrogens (primary N) is 1. The van der Waals surface area contributed by atoms with Gasteiger partial charge in [0.25, 0.3) is 0 Å². The molecule has 0 unspecified atom stereocenters. The van der Waals surface area contributed by atoms with Gasteiger partial charge < -0.3 is 5.73 Å². The number of sulfonamides is 1. The lowest BCUT2D eigenvalue weighted by Crippen LogP contribution is -2.29. The summed E-state index contributed by atoms with van der Waals surface area (Å²) in [6.45, 7) is 5.84. The summed E-state index contributed by atoms with van der Waals surface area (Å²) in [4.78, 5) is 0.916. The molecule has 0 aliphatic carbocycles. The maximum absolute atomic E-state index is 11.8. The Morgan fingerprint density at radius 3 is 2.53 bits per heavy atom. The Hall–Kier alpha value is -0.430. The van der Waals surface area contributed by atoms with Crippen molar-refractivity contribution in [2.24, 2.45) is 5.73 Å². The standard InChI is InChI=1S/C9H16N2O2S2/c1-6(2)11-15(12,13)9-4-7(3)8(5-10)14-9/h4,6,11H,5,10H2,1-3H3. The van der Waals surface area contributed by atoms with Crippen LogP contribution in [0.25, 0.3) is 0 Å². The quantitative estimate of drug-likeness (QED) is 0.841. The van der Waals surface area contributed by atoms with Crippen LogP contribution in [0.2, 0.25) is 0 Å². The Balaban J connectivity index is 3.05. The van der Waals surface area contributed by atoms with Gasteiger partial charge in [0.2, 0.25) is 10.0 Å². The van der Waals surface area contributed by atoms with E-state index in [2.05, 4.69) is 4.72 Å². The van der Waals surface area contributed by atoms with Crippen LogP contribution in [0.3, 0.4) is 0 Å². The van der Waals surface area contributed by atoms with Gasteiger partial charge in [-0.25, -0.2) is 13.1 Å². The Morgan fingerprint density at radius 1 is 1.53 bits per heavy atom. The second-order valence-electron chi connectivity index (χ2n) is 3.65. The first-order valence-electron chi connectivity index (χ1n) is 4.68. The summed E-state index contributed by atoms with van der Waals surface area (Å²) in [5.41, 5.74) is 6.44. The van der Waals surface area contributed by atoms with E-state index in [1.165, 1.54) is 11.3 Å². The van der Waals surface area contributed by atoms with Crippen LogP contribution in [0.15, 0.2) is 10.3 Å². The summed E-state index contributed by atoms with van der Waals surface area (Å²) in [6, 6.07) is 1.57. The molecule has 1 rings (SSSR count). The largest absolute Gasteiger partial charge is 0.326 e. The van der Waals surface area contributed by atoms with Crippen molar-refractivity contribution in [2.45, 2.75) is 37.6 Å². The molecule has 0 radical (unpaired) electrons. The van der Waals surface area contributed by atoms with Gasteiger partial charge in [-0.1, -0.05) is 0 Å². The van der Waals surface area contributed by atoms with Crippen LogP contribution in [0.4, 0.5) is 0 Å². The molecule has 0 saturated heterocycles. The molecule has 1 aromatic rings. The maximum Gasteiger partial charge on any atom is 0.250 e. The molecule has 0 amide bonds. The van der Waals surface area contributed by atoms with Gasteiger partial charge in [0, 0.05) is 17.5 Å². The van der Waals surface area contributed by atoms with E-state index >= 15 is 0 Å². The van der Waals surface area contributed by atoms with Crippen molar-refractivity contribution in [1.29, 1.82) is 0 Å². The van der Waals surface area contributed by atoms with E-state index in [9.17, 15) is 8.42 Å². The third kappa shape index (κ3) is 3.01. The number of nitrogens with one attached hydrogen (secondary N) is 1. The Morgan fingerprint density at radius 2 is 2.13 bits per heavy atom. The molecule has 0 spiro atoms. The minimum absolute atomic E-state index is 0.0984. The number of rotatable bonds is 4. The van der Waals surface area contributed by atoms with Crippen LogP contribution >= 0.6 is 11.3 Å². The molecule has 1 heterocycles. The Bertz CT molecular complexity index is 435. The number of thiophene rings is 1.